The summed E-state index contributed by atoms with van der Waals surface area (Å²) in [5, 5.41) is 3.32. The second kappa shape index (κ2) is 7.72. The predicted molar refractivity (Wildman–Crippen MR) is 94.3 cm³/mol. The van der Waals surface area contributed by atoms with Crippen molar-refractivity contribution < 1.29 is 30.9 Å². The Bertz CT molecular complexity index is 989. The number of carbonyl (C=O) groups excluding carboxylic acids is 1. The molecule has 0 radical (unpaired) electrons. The predicted octanol–water partition coefficient (Wildman–Crippen LogP) is 1.21. The molecular formula is C16H18F3N5O4S. The standard InChI is InChI=1S/C16H18F3N5O4S/c1-22(2)29(26,27)24-8-7-23(13(25)10-24)9-11-3-5-12(6-4-11)14-20-15(28-21-14)16(17,18)19/h3-6H,7-10H2,1-2H3. The van der Waals surface area contributed by atoms with Crippen molar-refractivity contribution >= 4 is 16.1 Å². The van der Waals surface area contributed by atoms with Crippen molar-refractivity contribution in [2.45, 2.75) is 12.7 Å². The lowest BCUT2D eigenvalue weighted by Crippen LogP contribution is -2.54. The van der Waals surface area contributed by atoms with Gasteiger partial charge in [0.25, 0.3) is 10.2 Å². The van der Waals surface area contributed by atoms with Gasteiger partial charge in [-0.25, -0.2) is 0 Å². The monoisotopic (exact) mass is 433 g/mol. The molecule has 1 amide bonds. The van der Waals surface area contributed by atoms with Crippen LogP contribution in [0.3, 0.4) is 0 Å². The maximum absolute atomic E-state index is 12.5. The van der Waals surface area contributed by atoms with E-state index in [-0.39, 0.29) is 37.9 Å². The van der Waals surface area contributed by atoms with Gasteiger partial charge in [0.15, 0.2) is 0 Å². The molecule has 0 unspecified atom stereocenters. The molecular weight excluding hydrogens is 415 g/mol. The lowest BCUT2D eigenvalue weighted by molar-refractivity contribution is -0.159. The Morgan fingerprint density at radius 2 is 1.83 bits per heavy atom. The minimum Gasteiger partial charge on any atom is -0.336 e. The molecule has 0 N–H and O–H groups in total. The molecule has 2 aromatic rings. The molecule has 1 aliphatic heterocycles. The van der Waals surface area contributed by atoms with Gasteiger partial charge in [0.2, 0.25) is 11.7 Å². The van der Waals surface area contributed by atoms with Crippen molar-refractivity contribution in [3.63, 3.8) is 0 Å². The fraction of sp³-hybridized carbons (Fsp3) is 0.438. The van der Waals surface area contributed by atoms with Gasteiger partial charge in [-0.05, 0) is 5.56 Å². The molecule has 29 heavy (non-hydrogen) atoms. The molecule has 0 saturated carbocycles. The van der Waals surface area contributed by atoms with Gasteiger partial charge in [-0.3, -0.25) is 4.79 Å². The smallest absolute Gasteiger partial charge is 0.336 e. The lowest BCUT2D eigenvalue weighted by atomic mass is 10.1. The van der Waals surface area contributed by atoms with Crippen LogP contribution in [0.25, 0.3) is 11.4 Å². The Balaban J connectivity index is 1.65. The van der Waals surface area contributed by atoms with E-state index in [1.165, 1.54) is 31.1 Å². The second-order valence-electron chi connectivity index (χ2n) is 6.56. The Morgan fingerprint density at radius 3 is 2.34 bits per heavy atom. The first-order chi connectivity index (χ1) is 13.5. The van der Waals surface area contributed by atoms with E-state index in [1.807, 2.05) is 0 Å². The van der Waals surface area contributed by atoms with E-state index in [0.29, 0.717) is 5.56 Å². The van der Waals surface area contributed by atoms with Crippen molar-refractivity contribution in [2.75, 3.05) is 33.7 Å². The van der Waals surface area contributed by atoms with Crippen LogP contribution in [-0.4, -0.2) is 71.7 Å². The molecule has 0 atom stereocenters. The van der Waals surface area contributed by atoms with Crippen molar-refractivity contribution in [1.82, 2.24) is 23.7 Å². The molecule has 0 spiro atoms. The molecule has 13 heteroatoms. The summed E-state index contributed by atoms with van der Waals surface area (Å²) in [5.74, 6) is -1.95. The summed E-state index contributed by atoms with van der Waals surface area (Å²) in [5.41, 5.74) is 1.06. The van der Waals surface area contributed by atoms with Crippen LogP contribution >= 0.6 is 0 Å². The van der Waals surface area contributed by atoms with Gasteiger partial charge in [-0.15, -0.1) is 0 Å². The first-order valence-corrected chi connectivity index (χ1v) is 9.84. The minimum atomic E-state index is -4.71. The average Bonchev–Trinajstić information content (AvgIpc) is 3.14. The molecule has 1 saturated heterocycles. The molecule has 0 aliphatic carbocycles. The van der Waals surface area contributed by atoms with E-state index in [1.54, 1.807) is 12.1 Å². The van der Waals surface area contributed by atoms with E-state index in [0.717, 1.165) is 14.2 Å². The fourth-order valence-corrected chi connectivity index (χ4v) is 3.77. The first-order valence-electron chi connectivity index (χ1n) is 8.44. The van der Waals surface area contributed by atoms with Crippen LogP contribution in [0.2, 0.25) is 0 Å². The van der Waals surface area contributed by atoms with E-state index in [9.17, 15) is 26.4 Å². The second-order valence-corrected chi connectivity index (χ2v) is 8.70. The number of rotatable bonds is 5. The summed E-state index contributed by atoms with van der Waals surface area (Å²) >= 11 is 0. The summed E-state index contributed by atoms with van der Waals surface area (Å²) in [6, 6.07) is 6.32. The van der Waals surface area contributed by atoms with Crippen molar-refractivity contribution in [1.29, 1.82) is 0 Å². The topological polar surface area (TPSA) is 99.9 Å². The lowest BCUT2D eigenvalue weighted by Gasteiger charge is -2.34. The highest BCUT2D eigenvalue weighted by Gasteiger charge is 2.38. The van der Waals surface area contributed by atoms with Gasteiger partial charge < -0.3 is 9.42 Å². The Hall–Kier alpha value is -2.51. The number of piperazine rings is 1. The van der Waals surface area contributed by atoms with E-state index in [2.05, 4.69) is 14.7 Å². The average molecular weight is 433 g/mol. The highest BCUT2D eigenvalue weighted by molar-refractivity contribution is 7.86. The maximum Gasteiger partial charge on any atom is 0.471 e. The third-order valence-corrected chi connectivity index (χ3v) is 6.21. The van der Waals surface area contributed by atoms with Crippen LogP contribution in [0.4, 0.5) is 13.2 Å². The summed E-state index contributed by atoms with van der Waals surface area (Å²) in [7, 11) is -0.862. The largest absolute Gasteiger partial charge is 0.471 e. The van der Waals surface area contributed by atoms with Crippen molar-refractivity contribution in [3.05, 3.63) is 35.7 Å². The molecule has 9 nitrogen and oxygen atoms in total. The van der Waals surface area contributed by atoms with Crippen molar-refractivity contribution in [3.8, 4) is 11.4 Å². The molecule has 1 aliphatic rings. The number of benzene rings is 1. The normalized spacial score (nSPS) is 16.6. The summed E-state index contributed by atoms with van der Waals surface area (Å²) < 4.78 is 68.3. The van der Waals surface area contributed by atoms with E-state index in [4.69, 9.17) is 0 Å². The van der Waals surface area contributed by atoms with E-state index >= 15 is 0 Å². The number of hydrogen-bond acceptors (Lipinski definition) is 6. The van der Waals surface area contributed by atoms with Gasteiger partial charge in [0, 0.05) is 39.3 Å². The molecule has 0 bridgehead atoms. The van der Waals surface area contributed by atoms with Crippen LogP contribution in [0.15, 0.2) is 28.8 Å². The van der Waals surface area contributed by atoms with Gasteiger partial charge in [0.05, 0.1) is 6.54 Å². The number of halogens is 3. The third kappa shape index (κ3) is 4.57. The zero-order valence-electron chi connectivity index (χ0n) is 15.5. The summed E-state index contributed by atoms with van der Waals surface area (Å²) in [6.07, 6.45) is -4.71. The molecule has 3 rings (SSSR count). The number of carbonyl (C=O) groups is 1. The zero-order chi connectivity index (χ0) is 21.4. The van der Waals surface area contributed by atoms with Crippen LogP contribution in [0, 0.1) is 0 Å². The summed E-state index contributed by atoms with van der Waals surface area (Å²) in [6.45, 7) is 0.400. The quantitative estimate of drug-likeness (QED) is 0.703. The van der Waals surface area contributed by atoms with Gasteiger partial charge in [-0.1, -0.05) is 29.4 Å². The maximum atomic E-state index is 12.5. The minimum absolute atomic E-state index is 0.174. The fourth-order valence-electron chi connectivity index (χ4n) is 2.72. The third-order valence-electron chi connectivity index (χ3n) is 4.33. The number of hydrogen-bond donors (Lipinski definition) is 0. The highest BCUT2D eigenvalue weighted by atomic mass is 32.2. The summed E-state index contributed by atoms with van der Waals surface area (Å²) in [4.78, 5) is 17.2. The zero-order valence-corrected chi connectivity index (χ0v) is 16.4. The molecule has 1 fully saturated rings. The van der Waals surface area contributed by atoms with Crippen LogP contribution in [0.1, 0.15) is 11.5 Å². The van der Waals surface area contributed by atoms with Crippen LogP contribution in [0.5, 0.6) is 0 Å². The number of nitrogens with zero attached hydrogens (tertiary/aromatic N) is 5. The molecule has 1 aromatic carbocycles. The number of alkyl halides is 3. The number of amides is 1. The van der Waals surface area contributed by atoms with Crippen LogP contribution < -0.4 is 0 Å². The van der Waals surface area contributed by atoms with Gasteiger partial charge in [0.1, 0.15) is 0 Å². The van der Waals surface area contributed by atoms with Crippen molar-refractivity contribution in [2.24, 2.45) is 0 Å². The molecule has 2 heterocycles. The Kier molecular flexibility index (Phi) is 5.65. The Morgan fingerprint density at radius 1 is 1.17 bits per heavy atom. The van der Waals surface area contributed by atoms with Crippen LogP contribution in [-0.2, 0) is 27.7 Å². The van der Waals surface area contributed by atoms with Gasteiger partial charge >= 0.3 is 12.1 Å². The van der Waals surface area contributed by atoms with E-state index < -0.39 is 22.3 Å². The number of aromatic nitrogens is 2. The SMILES string of the molecule is CN(C)S(=O)(=O)N1CCN(Cc2ccc(-c3noc(C(F)(F)F)n3)cc2)C(=O)C1. The molecule has 1 aromatic heterocycles. The first kappa shape index (κ1) is 21.2. The highest BCUT2D eigenvalue weighted by Crippen LogP contribution is 2.29. The Labute approximate surface area is 164 Å². The van der Waals surface area contributed by atoms with Gasteiger partial charge in [-0.2, -0.15) is 35.2 Å². The molecule has 158 valence electrons.